The normalized spacial score (nSPS) is 53.4. The Bertz CT molecular complexity index is 146. The Labute approximate surface area is 61.5 Å². The summed E-state index contributed by atoms with van der Waals surface area (Å²) in [5.41, 5.74) is 0.319. The molecule has 0 saturated carbocycles. The summed E-state index contributed by atoms with van der Waals surface area (Å²) in [6.07, 6.45) is 1.27. The summed E-state index contributed by atoms with van der Waals surface area (Å²) >= 11 is 0. The Kier molecular flexibility index (Phi) is 1.29. The minimum atomic E-state index is 0.0995. The largest absolute Gasteiger partial charge is 0.352 e. The van der Waals surface area contributed by atoms with Gasteiger partial charge in [-0.15, -0.1) is 0 Å². The average Bonchev–Trinajstić information content (AvgIpc) is 2.36. The molecule has 2 fully saturated rings. The van der Waals surface area contributed by atoms with Crippen LogP contribution in [0.4, 0.5) is 0 Å². The standard InChI is InChI=1S/C8H14O2/c1-6-5-10-7-8(6,2)3-4-9-7/h6-7H,3-5H2,1-2H3/t6?,7-,8+/m1/s1. The first-order chi connectivity index (χ1) is 4.73. The van der Waals surface area contributed by atoms with Crippen LogP contribution in [0.1, 0.15) is 20.3 Å². The van der Waals surface area contributed by atoms with Crippen LogP contribution in [-0.2, 0) is 9.47 Å². The van der Waals surface area contributed by atoms with E-state index in [1.807, 2.05) is 0 Å². The topological polar surface area (TPSA) is 18.5 Å². The van der Waals surface area contributed by atoms with Crippen LogP contribution < -0.4 is 0 Å². The number of hydrogen-bond donors (Lipinski definition) is 0. The molecule has 0 aromatic rings. The Balaban J connectivity index is 2.21. The fourth-order valence-electron chi connectivity index (χ4n) is 1.83. The molecular formula is C8H14O2. The van der Waals surface area contributed by atoms with Gasteiger partial charge in [-0.2, -0.15) is 0 Å². The highest BCUT2D eigenvalue weighted by Crippen LogP contribution is 2.46. The first kappa shape index (κ1) is 6.62. The molecule has 2 aliphatic rings. The maximum atomic E-state index is 5.47. The molecule has 58 valence electrons. The lowest BCUT2D eigenvalue weighted by Gasteiger charge is -2.23. The van der Waals surface area contributed by atoms with Gasteiger partial charge in [0.2, 0.25) is 0 Å². The summed E-state index contributed by atoms with van der Waals surface area (Å²) in [4.78, 5) is 0. The van der Waals surface area contributed by atoms with E-state index >= 15 is 0 Å². The van der Waals surface area contributed by atoms with Gasteiger partial charge < -0.3 is 9.47 Å². The molecule has 0 spiro atoms. The van der Waals surface area contributed by atoms with Crippen molar-refractivity contribution < 1.29 is 9.47 Å². The van der Waals surface area contributed by atoms with E-state index in [9.17, 15) is 0 Å². The van der Waals surface area contributed by atoms with Crippen LogP contribution in [0.25, 0.3) is 0 Å². The van der Waals surface area contributed by atoms with E-state index in [2.05, 4.69) is 13.8 Å². The molecule has 2 nitrogen and oxygen atoms in total. The van der Waals surface area contributed by atoms with E-state index in [4.69, 9.17) is 9.47 Å². The SMILES string of the molecule is CC1CO[C@H]2OCC[C@@]12C. The van der Waals surface area contributed by atoms with Crippen molar-refractivity contribution in [2.24, 2.45) is 11.3 Å². The highest BCUT2D eigenvalue weighted by Gasteiger charge is 2.49. The van der Waals surface area contributed by atoms with E-state index in [1.165, 1.54) is 6.42 Å². The second-order valence-electron chi connectivity index (χ2n) is 3.69. The summed E-state index contributed by atoms with van der Waals surface area (Å²) in [5.74, 6) is 0.667. The van der Waals surface area contributed by atoms with Crippen LogP contribution in [0.3, 0.4) is 0 Å². The van der Waals surface area contributed by atoms with Gasteiger partial charge in [0.25, 0.3) is 0 Å². The third kappa shape index (κ3) is 0.663. The zero-order valence-electron chi connectivity index (χ0n) is 6.59. The summed E-state index contributed by atoms with van der Waals surface area (Å²) < 4.78 is 10.9. The summed E-state index contributed by atoms with van der Waals surface area (Å²) in [7, 11) is 0. The average molecular weight is 142 g/mol. The molecule has 2 heteroatoms. The Morgan fingerprint density at radius 2 is 2.20 bits per heavy atom. The molecular weight excluding hydrogens is 128 g/mol. The van der Waals surface area contributed by atoms with Crippen molar-refractivity contribution in [3.05, 3.63) is 0 Å². The van der Waals surface area contributed by atoms with Gasteiger partial charge >= 0.3 is 0 Å². The zero-order chi connectivity index (χ0) is 7.19. The smallest absolute Gasteiger partial charge is 0.163 e. The minimum Gasteiger partial charge on any atom is -0.352 e. The predicted molar refractivity (Wildman–Crippen MR) is 37.6 cm³/mol. The summed E-state index contributed by atoms with van der Waals surface area (Å²) in [6.45, 7) is 6.27. The second kappa shape index (κ2) is 1.95. The van der Waals surface area contributed by atoms with Gasteiger partial charge in [0.1, 0.15) is 0 Å². The molecule has 10 heavy (non-hydrogen) atoms. The molecule has 0 aromatic carbocycles. The van der Waals surface area contributed by atoms with Crippen molar-refractivity contribution in [1.82, 2.24) is 0 Å². The van der Waals surface area contributed by atoms with Crippen LogP contribution in [0.15, 0.2) is 0 Å². The van der Waals surface area contributed by atoms with Crippen molar-refractivity contribution in [2.45, 2.75) is 26.6 Å². The number of hydrogen-bond acceptors (Lipinski definition) is 2. The number of ether oxygens (including phenoxy) is 2. The molecule has 0 aromatic heterocycles. The van der Waals surface area contributed by atoms with E-state index in [0.29, 0.717) is 11.3 Å². The molecule has 0 amide bonds. The van der Waals surface area contributed by atoms with E-state index < -0.39 is 0 Å². The first-order valence-electron chi connectivity index (χ1n) is 3.97. The fourth-order valence-corrected chi connectivity index (χ4v) is 1.83. The number of rotatable bonds is 0. The maximum Gasteiger partial charge on any atom is 0.163 e. The fraction of sp³-hybridized carbons (Fsp3) is 1.00. The lowest BCUT2D eigenvalue weighted by atomic mass is 9.79. The van der Waals surface area contributed by atoms with Gasteiger partial charge in [-0.25, -0.2) is 0 Å². The molecule has 2 rings (SSSR count). The Morgan fingerprint density at radius 1 is 1.40 bits per heavy atom. The van der Waals surface area contributed by atoms with Crippen LogP contribution in [0, 0.1) is 11.3 Å². The van der Waals surface area contributed by atoms with Crippen molar-refractivity contribution in [2.75, 3.05) is 13.2 Å². The van der Waals surface area contributed by atoms with Crippen LogP contribution in [-0.4, -0.2) is 19.5 Å². The Hall–Kier alpha value is -0.0800. The molecule has 2 saturated heterocycles. The van der Waals surface area contributed by atoms with Gasteiger partial charge in [0, 0.05) is 5.41 Å². The predicted octanol–water partition coefficient (Wildman–Crippen LogP) is 1.41. The van der Waals surface area contributed by atoms with E-state index in [0.717, 1.165) is 13.2 Å². The lowest BCUT2D eigenvalue weighted by molar-refractivity contribution is -0.107. The highest BCUT2D eigenvalue weighted by molar-refractivity contribution is 4.91. The Morgan fingerprint density at radius 3 is 2.90 bits per heavy atom. The minimum absolute atomic E-state index is 0.0995. The van der Waals surface area contributed by atoms with Crippen molar-refractivity contribution in [3.8, 4) is 0 Å². The molecule has 2 aliphatic heterocycles. The maximum absolute atomic E-state index is 5.47. The van der Waals surface area contributed by atoms with Crippen LogP contribution >= 0.6 is 0 Å². The molecule has 3 atom stereocenters. The van der Waals surface area contributed by atoms with Crippen molar-refractivity contribution in [3.63, 3.8) is 0 Å². The van der Waals surface area contributed by atoms with Crippen molar-refractivity contribution in [1.29, 1.82) is 0 Å². The third-order valence-electron chi connectivity index (χ3n) is 3.07. The van der Waals surface area contributed by atoms with Crippen LogP contribution in [0.2, 0.25) is 0 Å². The van der Waals surface area contributed by atoms with Gasteiger partial charge in [0.15, 0.2) is 6.29 Å². The molecule has 0 bridgehead atoms. The molecule has 1 unspecified atom stereocenters. The molecule has 2 heterocycles. The highest BCUT2D eigenvalue weighted by atomic mass is 16.7. The lowest BCUT2D eigenvalue weighted by Crippen LogP contribution is -2.26. The monoisotopic (exact) mass is 142 g/mol. The second-order valence-corrected chi connectivity index (χ2v) is 3.69. The van der Waals surface area contributed by atoms with Gasteiger partial charge in [0.05, 0.1) is 13.2 Å². The van der Waals surface area contributed by atoms with Gasteiger partial charge in [-0.05, 0) is 12.3 Å². The van der Waals surface area contributed by atoms with Gasteiger partial charge in [-0.1, -0.05) is 13.8 Å². The quantitative estimate of drug-likeness (QED) is 0.509. The van der Waals surface area contributed by atoms with Gasteiger partial charge in [-0.3, -0.25) is 0 Å². The first-order valence-corrected chi connectivity index (χ1v) is 3.97. The summed E-state index contributed by atoms with van der Waals surface area (Å²) in [6, 6.07) is 0. The van der Waals surface area contributed by atoms with Crippen LogP contribution in [0.5, 0.6) is 0 Å². The van der Waals surface area contributed by atoms with Crippen molar-refractivity contribution >= 4 is 0 Å². The molecule has 0 N–H and O–H groups in total. The summed E-state index contributed by atoms with van der Waals surface area (Å²) in [5, 5.41) is 0. The molecule has 0 radical (unpaired) electrons. The van der Waals surface area contributed by atoms with E-state index in [1.54, 1.807) is 0 Å². The van der Waals surface area contributed by atoms with E-state index in [-0.39, 0.29) is 6.29 Å². The third-order valence-corrected chi connectivity index (χ3v) is 3.07. The number of fused-ring (bicyclic) bond motifs is 1. The zero-order valence-corrected chi connectivity index (χ0v) is 6.59. The molecule has 0 aliphatic carbocycles.